The van der Waals surface area contributed by atoms with Crippen LogP contribution in [0.1, 0.15) is 66.8 Å². The van der Waals surface area contributed by atoms with E-state index < -0.39 is 0 Å². The summed E-state index contributed by atoms with van der Waals surface area (Å²) in [6, 6.07) is 20.2. The zero-order valence-corrected chi connectivity index (χ0v) is 34.3. The molecule has 7 rings (SSSR count). The number of aromatic hydroxyl groups is 6. The van der Waals surface area contributed by atoms with Gasteiger partial charge in [-0.3, -0.25) is 0 Å². The monoisotopic (exact) mass is 816 g/mol. The number of hydrogen-bond acceptors (Lipinski definition) is 12. The maximum Gasteiger partial charge on any atom is 0.122 e. The Morgan fingerprint density at radius 2 is 0.333 bits per heavy atom. The molecule has 0 saturated heterocycles. The predicted molar refractivity (Wildman–Crippen MR) is 225 cm³/mol. The van der Waals surface area contributed by atoms with Crippen molar-refractivity contribution >= 4 is 0 Å². The number of phenols is 6. The second kappa shape index (κ2) is 17.0. The lowest BCUT2D eigenvalue weighted by Gasteiger charge is -2.19. The van der Waals surface area contributed by atoms with Crippen molar-refractivity contribution in [2.75, 3.05) is 42.7 Å². The van der Waals surface area contributed by atoms with Crippen molar-refractivity contribution in [2.24, 2.45) is 0 Å². The molecule has 0 aromatic heterocycles. The van der Waals surface area contributed by atoms with Crippen molar-refractivity contribution in [3.63, 3.8) is 0 Å². The van der Waals surface area contributed by atoms with Crippen molar-refractivity contribution in [2.45, 2.75) is 38.5 Å². The second-order valence-corrected chi connectivity index (χ2v) is 14.8. The average molecular weight is 817 g/mol. The van der Waals surface area contributed by atoms with Crippen LogP contribution in [0.4, 0.5) is 0 Å². The van der Waals surface area contributed by atoms with Gasteiger partial charge in [-0.2, -0.15) is 0 Å². The molecule has 6 N–H and O–H groups in total. The average Bonchev–Trinajstić information content (AvgIpc) is 3.25. The third kappa shape index (κ3) is 8.13. The normalized spacial score (nSPS) is 12.5. The van der Waals surface area contributed by atoms with Crippen molar-refractivity contribution in [3.05, 3.63) is 140 Å². The number of phenolic OH excluding ortho intramolecular Hbond substituents is 6. The lowest BCUT2D eigenvalue weighted by atomic mass is 9.91. The van der Waals surface area contributed by atoms with Crippen LogP contribution >= 0.6 is 0 Å². The molecule has 12 nitrogen and oxygen atoms in total. The summed E-state index contributed by atoms with van der Waals surface area (Å²) in [7, 11) is 9.08. The fraction of sp³-hybridized carbons (Fsp3) is 0.250. The summed E-state index contributed by atoms with van der Waals surface area (Å²) in [6.45, 7) is 0. The van der Waals surface area contributed by atoms with Gasteiger partial charge in [-0.1, -0.05) is 0 Å². The minimum absolute atomic E-state index is 0.0612. The Balaban J connectivity index is 1.47. The molecule has 0 aliphatic heterocycles. The number of rotatable bonds is 6. The van der Waals surface area contributed by atoms with Crippen LogP contribution in [0.2, 0.25) is 0 Å². The molecule has 0 unspecified atom stereocenters. The fourth-order valence-electron chi connectivity index (χ4n) is 7.92. The van der Waals surface area contributed by atoms with Gasteiger partial charge in [0.05, 0.1) is 42.7 Å². The summed E-state index contributed by atoms with van der Waals surface area (Å²) in [6.07, 6.45) is 0.367. The lowest BCUT2D eigenvalue weighted by Crippen LogP contribution is -2.03. The van der Waals surface area contributed by atoms with Crippen LogP contribution in [0.25, 0.3) is 0 Å². The minimum Gasteiger partial charge on any atom is -0.507 e. The van der Waals surface area contributed by atoms with E-state index in [4.69, 9.17) is 28.4 Å². The molecule has 12 heteroatoms. The molecule has 0 fully saturated rings. The molecule has 60 heavy (non-hydrogen) atoms. The number of fused-ring (bicyclic) bond motifs is 12. The van der Waals surface area contributed by atoms with Gasteiger partial charge in [-0.15, -0.1) is 0 Å². The molecule has 6 aromatic carbocycles. The van der Waals surface area contributed by atoms with Crippen LogP contribution in [0.5, 0.6) is 69.0 Å². The van der Waals surface area contributed by atoms with Crippen LogP contribution in [0.15, 0.2) is 72.8 Å². The third-order valence-corrected chi connectivity index (χ3v) is 11.1. The Kier molecular flexibility index (Phi) is 11.7. The molecule has 1 aliphatic carbocycles. The topological polar surface area (TPSA) is 177 Å². The van der Waals surface area contributed by atoms with Crippen LogP contribution in [0.3, 0.4) is 0 Å². The molecular weight excluding hydrogens is 769 g/mol. The highest BCUT2D eigenvalue weighted by molar-refractivity contribution is 5.61. The number of ether oxygens (including phenoxy) is 6. The largest absolute Gasteiger partial charge is 0.507 e. The van der Waals surface area contributed by atoms with E-state index in [-0.39, 0.29) is 73.0 Å². The van der Waals surface area contributed by atoms with Crippen molar-refractivity contribution in [3.8, 4) is 69.0 Å². The van der Waals surface area contributed by atoms with Crippen molar-refractivity contribution in [1.82, 2.24) is 0 Å². The highest BCUT2D eigenvalue weighted by Gasteiger charge is 2.23. The fourth-order valence-corrected chi connectivity index (χ4v) is 7.92. The summed E-state index contributed by atoms with van der Waals surface area (Å²) in [4.78, 5) is 0. The van der Waals surface area contributed by atoms with Crippen LogP contribution in [0, 0.1) is 0 Å². The van der Waals surface area contributed by atoms with Gasteiger partial charge in [0, 0.05) is 105 Å². The van der Waals surface area contributed by atoms with Gasteiger partial charge in [0.1, 0.15) is 69.0 Å². The molecule has 0 heterocycles. The maximum atomic E-state index is 11.8. The first-order chi connectivity index (χ1) is 28.9. The van der Waals surface area contributed by atoms with Crippen molar-refractivity contribution in [1.29, 1.82) is 0 Å². The van der Waals surface area contributed by atoms with Crippen molar-refractivity contribution < 1.29 is 59.1 Å². The molecule has 0 radical (unpaired) electrons. The zero-order valence-electron chi connectivity index (χ0n) is 34.3. The first-order valence-corrected chi connectivity index (χ1v) is 19.2. The number of benzene rings is 6. The molecule has 12 bridgehead atoms. The van der Waals surface area contributed by atoms with Crippen LogP contribution < -0.4 is 28.4 Å². The van der Waals surface area contributed by atoms with Gasteiger partial charge < -0.3 is 59.1 Å². The van der Waals surface area contributed by atoms with E-state index in [1.54, 1.807) is 72.8 Å². The second-order valence-electron chi connectivity index (χ2n) is 14.8. The first-order valence-electron chi connectivity index (χ1n) is 19.2. The molecule has 6 aromatic rings. The number of hydrogen-bond donors (Lipinski definition) is 6. The third-order valence-electron chi connectivity index (χ3n) is 11.1. The summed E-state index contributed by atoms with van der Waals surface area (Å²) in [5, 5.41) is 70.9. The Morgan fingerprint density at radius 3 is 0.417 bits per heavy atom. The van der Waals surface area contributed by atoms with E-state index in [9.17, 15) is 30.6 Å². The molecule has 0 amide bonds. The molecule has 0 spiro atoms. The SMILES string of the molecule is COc1cc2c(O)c(c1)Cc1cc(OC)cc(c1O)Cc1cc(OC)cc(c1O)Cc1cc(OC)cc(c1O)Cc1cc(OC)cc(c1O)Cc1cc(OC)cc(c1O)C2. The molecule has 0 atom stereocenters. The van der Waals surface area contributed by atoms with Gasteiger partial charge in [0.25, 0.3) is 0 Å². The van der Waals surface area contributed by atoms with Gasteiger partial charge in [-0.25, -0.2) is 0 Å². The maximum absolute atomic E-state index is 11.8. The summed E-state index contributed by atoms with van der Waals surface area (Å²) < 4.78 is 33.9. The summed E-state index contributed by atoms with van der Waals surface area (Å²) in [5.41, 5.74) is 5.26. The van der Waals surface area contributed by atoms with E-state index in [1.165, 1.54) is 42.7 Å². The number of methoxy groups -OCH3 is 6. The molecule has 312 valence electrons. The Hall–Kier alpha value is -7.08. The van der Waals surface area contributed by atoms with E-state index >= 15 is 0 Å². The standard InChI is InChI=1S/C48H48O12/c1-55-37-13-25-7-27-15-38(56-2)17-29(44(27)50)9-31-19-40(58-4)21-33(46(31)52)11-35-23-42(60-6)24-36(48(35)54)12-34-22-41(59-5)20-32(47(34)53)10-30-18-39(57-3)16-28(45(30)51)8-26(14-37)43(25)49/h13-24,49-54H,7-12H2,1-6H3. The minimum atomic E-state index is -0.0638. The summed E-state index contributed by atoms with van der Waals surface area (Å²) in [5.74, 6) is 2.29. The molecular formula is C48H48O12. The molecule has 1 aliphatic rings. The van der Waals surface area contributed by atoms with E-state index in [0.29, 0.717) is 101 Å². The van der Waals surface area contributed by atoms with Crippen LogP contribution in [-0.4, -0.2) is 73.3 Å². The van der Waals surface area contributed by atoms with E-state index in [0.717, 1.165) is 0 Å². The Morgan fingerprint density at radius 1 is 0.233 bits per heavy atom. The smallest absolute Gasteiger partial charge is 0.122 e. The highest BCUT2D eigenvalue weighted by atomic mass is 16.5. The van der Waals surface area contributed by atoms with Gasteiger partial charge in [0.2, 0.25) is 0 Å². The summed E-state index contributed by atoms with van der Waals surface area (Å²) >= 11 is 0. The van der Waals surface area contributed by atoms with Gasteiger partial charge >= 0.3 is 0 Å². The first kappa shape index (κ1) is 41.1. The Labute approximate surface area is 348 Å². The van der Waals surface area contributed by atoms with Gasteiger partial charge in [-0.05, 0) is 72.8 Å². The van der Waals surface area contributed by atoms with Crippen LogP contribution in [-0.2, 0) is 38.5 Å². The highest BCUT2D eigenvalue weighted by Crippen LogP contribution is 2.43. The van der Waals surface area contributed by atoms with E-state index in [1.807, 2.05) is 0 Å². The zero-order chi connectivity index (χ0) is 42.8. The van der Waals surface area contributed by atoms with Gasteiger partial charge in [0.15, 0.2) is 0 Å². The quantitative estimate of drug-likeness (QED) is 0.0961. The molecule has 0 saturated carbocycles. The lowest BCUT2D eigenvalue weighted by molar-refractivity contribution is 0.405. The predicted octanol–water partition coefficient (Wildman–Crippen LogP) is 7.83. The van der Waals surface area contributed by atoms with E-state index in [2.05, 4.69) is 0 Å². The Bertz CT molecular complexity index is 1990.